The number of nitrogens with two attached hydrogens (primary N) is 1. The fraction of sp³-hybridized carbons (Fsp3) is 0.143. The van der Waals surface area contributed by atoms with Crippen molar-refractivity contribution in [3.8, 4) is 5.75 Å². The molecule has 2 aromatic carbocycles. The molecule has 0 aromatic heterocycles. The predicted molar refractivity (Wildman–Crippen MR) is 82.8 cm³/mol. The maximum Gasteiger partial charge on any atom is 0.124 e. The van der Waals surface area contributed by atoms with Gasteiger partial charge in [0.15, 0.2) is 0 Å². The largest absolute Gasteiger partial charge is 0.489 e. The minimum atomic E-state index is 0.419. The highest BCUT2D eigenvalue weighted by Crippen LogP contribution is 2.23. The molecule has 0 unspecified atom stereocenters. The fourth-order valence-corrected chi connectivity index (χ4v) is 2.14. The molecule has 0 aliphatic rings. The van der Waals surface area contributed by atoms with E-state index in [4.69, 9.17) is 22.1 Å². The minimum absolute atomic E-state index is 0.419. The zero-order chi connectivity index (χ0) is 13.0. The van der Waals surface area contributed by atoms with Crippen molar-refractivity contribution in [3.63, 3.8) is 0 Å². The summed E-state index contributed by atoms with van der Waals surface area (Å²) in [6.45, 7) is 0.953. The van der Waals surface area contributed by atoms with Crippen LogP contribution >= 0.6 is 34.2 Å². The third-order valence-electron chi connectivity index (χ3n) is 2.55. The van der Waals surface area contributed by atoms with Crippen molar-refractivity contribution in [1.82, 2.24) is 0 Å². The topological polar surface area (TPSA) is 35.2 Å². The average Bonchev–Trinajstić information content (AvgIpc) is 2.39. The first kappa shape index (κ1) is 13.6. The van der Waals surface area contributed by atoms with E-state index < -0.39 is 0 Å². The van der Waals surface area contributed by atoms with Gasteiger partial charge in [0.1, 0.15) is 12.4 Å². The van der Waals surface area contributed by atoms with Gasteiger partial charge in [-0.1, -0.05) is 23.7 Å². The molecular formula is C14H13ClINO. The summed E-state index contributed by atoms with van der Waals surface area (Å²) in [5, 5.41) is 0.678. The van der Waals surface area contributed by atoms with Crippen LogP contribution in [0.25, 0.3) is 0 Å². The quantitative estimate of drug-likeness (QED) is 0.823. The van der Waals surface area contributed by atoms with Crippen LogP contribution in [0.3, 0.4) is 0 Å². The van der Waals surface area contributed by atoms with E-state index >= 15 is 0 Å². The van der Waals surface area contributed by atoms with Gasteiger partial charge >= 0.3 is 0 Å². The van der Waals surface area contributed by atoms with Crippen molar-refractivity contribution in [3.05, 3.63) is 62.2 Å². The van der Waals surface area contributed by atoms with Crippen molar-refractivity contribution >= 4 is 34.2 Å². The summed E-state index contributed by atoms with van der Waals surface area (Å²) in [4.78, 5) is 0. The Morgan fingerprint density at radius 3 is 2.50 bits per heavy atom. The van der Waals surface area contributed by atoms with E-state index in [1.807, 2.05) is 18.2 Å². The molecule has 0 spiro atoms. The summed E-state index contributed by atoms with van der Waals surface area (Å²) < 4.78 is 6.98. The van der Waals surface area contributed by atoms with E-state index in [1.165, 1.54) is 3.57 Å². The SMILES string of the molecule is NCc1cc(Cl)ccc1OCc1ccc(I)cc1. The summed E-state index contributed by atoms with van der Waals surface area (Å²) in [5.41, 5.74) is 7.73. The van der Waals surface area contributed by atoms with Crippen LogP contribution in [0.4, 0.5) is 0 Å². The first-order valence-electron chi connectivity index (χ1n) is 5.55. The van der Waals surface area contributed by atoms with Crippen molar-refractivity contribution in [2.24, 2.45) is 5.73 Å². The molecule has 0 aliphatic heterocycles. The Morgan fingerprint density at radius 1 is 1.11 bits per heavy atom. The Balaban J connectivity index is 2.08. The molecule has 0 bridgehead atoms. The first-order chi connectivity index (χ1) is 8.69. The molecule has 0 saturated carbocycles. The van der Waals surface area contributed by atoms with E-state index in [-0.39, 0.29) is 0 Å². The summed E-state index contributed by atoms with van der Waals surface area (Å²) in [5.74, 6) is 0.792. The van der Waals surface area contributed by atoms with Crippen LogP contribution in [0.5, 0.6) is 5.75 Å². The van der Waals surface area contributed by atoms with Crippen molar-refractivity contribution in [2.45, 2.75) is 13.2 Å². The molecule has 2 rings (SSSR count). The highest BCUT2D eigenvalue weighted by molar-refractivity contribution is 14.1. The highest BCUT2D eigenvalue weighted by atomic mass is 127. The Labute approximate surface area is 125 Å². The van der Waals surface area contributed by atoms with Crippen molar-refractivity contribution < 1.29 is 4.74 Å². The molecule has 4 heteroatoms. The predicted octanol–water partition coefficient (Wildman–Crippen LogP) is 3.98. The third-order valence-corrected chi connectivity index (χ3v) is 3.50. The molecule has 2 aromatic rings. The Hall–Kier alpha value is -0.780. The fourth-order valence-electron chi connectivity index (χ4n) is 1.59. The lowest BCUT2D eigenvalue weighted by Crippen LogP contribution is -2.02. The van der Waals surface area contributed by atoms with Crippen LogP contribution in [0, 0.1) is 3.57 Å². The molecule has 0 heterocycles. The van der Waals surface area contributed by atoms with Crippen LogP contribution in [-0.4, -0.2) is 0 Å². The van der Waals surface area contributed by atoms with Gasteiger partial charge in [-0.3, -0.25) is 0 Å². The molecule has 0 aliphatic carbocycles. The van der Waals surface area contributed by atoms with Gasteiger partial charge in [-0.15, -0.1) is 0 Å². The van der Waals surface area contributed by atoms with Crippen LogP contribution in [-0.2, 0) is 13.2 Å². The monoisotopic (exact) mass is 373 g/mol. The molecular weight excluding hydrogens is 361 g/mol. The number of halogens is 2. The normalized spacial score (nSPS) is 10.4. The van der Waals surface area contributed by atoms with Gasteiger partial charge in [-0.25, -0.2) is 0 Å². The van der Waals surface area contributed by atoms with E-state index in [2.05, 4.69) is 46.9 Å². The number of rotatable bonds is 4. The van der Waals surface area contributed by atoms with Crippen molar-refractivity contribution in [1.29, 1.82) is 0 Å². The maximum absolute atomic E-state index is 5.92. The van der Waals surface area contributed by atoms with E-state index in [9.17, 15) is 0 Å². The van der Waals surface area contributed by atoms with E-state index in [0.29, 0.717) is 18.2 Å². The molecule has 18 heavy (non-hydrogen) atoms. The van der Waals surface area contributed by atoms with Crippen LogP contribution in [0.1, 0.15) is 11.1 Å². The van der Waals surface area contributed by atoms with Gasteiger partial charge in [0.05, 0.1) is 0 Å². The Kier molecular flexibility index (Phi) is 4.86. The maximum atomic E-state index is 5.92. The minimum Gasteiger partial charge on any atom is -0.489 e. The number of hydrogen-bond acceptors (Lipinski definition) is 2. The molecule has 94 valence electrons. The van der Waals surface area contributed by atoms with Crippen LogP contribution in [0.15, 0.2) is 42.5 Å². The van der Waals surface area contributed by atoms with Gasteiger partial charge in [0, 0.05) is 20.7 Å². The molecule has 0 radical (unpaired) electrons. The Morgan fingerprint density at radius 2 is 1.83 bits per heavy atom. The third kappa shape index (κ3) is 3.60. The lowest BCUT2D eigenvalue weighted by atomic mass is 10.2. The van der Waals surface area contributed by atoms with Gasteiger partial charge in [0.2, 0.25) is 0 Å². The second-order valence-electron chi connectivity index (χ2n) is 3.87. The van der Waals surface area contributed by atoms with E-state index in [0.717, 1.165) is 16.9 Å². The summed E-state index contributed by atoms with van der Waals surface area (Å²) in [7, 11) is 0. The average molecular weight is 374 g/mol. The standard InChI is InChI=1S/C14H13ClINO/c15-12-3-6-14(11(7-12)8-17)18-9-10-1-4-13(16)5-2-10/h1-7H,8-9,17H2. The number of ether oxygens (including phenoxy) is 1. The molecule has 0 saturated heterocycles. The smallest absolute Gasteiger partial charge is 0.124 e. The zero-order valence-corrected chi connectivity index (χ0v) is 12.6. The molecule has 0 amide bonds. The highest BCUT2D eigenvalue weighted by Gasteiger charge is 2.03. The van der Waals surface area contributed by atoms with Gasteiger partial charge < -0.3 is 10.5 Å². The number of hydrogen-bond donors (Lipinski definition) is 1. The summed E-state index contributed by atoms with van der Waals surface area (Å²) in [6.07, 6.45) is 0. The lowest BCUT2D eigenvalue weighted by Gasteiger charge is -2.10. The van der Waals surface area contributed by atoms with Gasteiger partial charge in [-0.05, 0) is 58.5 Å². The Bertz CT molecular complexity index is 528. The van der Waals surface area contributed by atoms with Gasteiger partial charge in [-0.2, -0.15) is 0 Å². The zero-order valence-electron chi connectivity index (χ0n) is 9.70. The first-order valence-corrected chi connectivity index (χ1v) is 7.00. The molecule has 0 atom stereocenters. The number of benzene rings is 2. The lowest BCUT2D eigenvalue weighted by molar-refractivity contribution is 0.303. The van der Waals surface area contributed by atoms with Crippen molar-refractivity contribution in [2.75, 3.05) is 0 Å². The van der Waals surface area contributed by atoms with Crippen LogP contribution in [0.2, 0.25) is 5.02 Å². The molecule has 2 nitrogen and oxygen atoms in total. The molecule has 2 N–H and O–H groups in total. The van der Waals surface area contributed by atoms with Crippen LogP contribution < -0.4 is 10.5 Å². The second-order valence-corrected chi connectivity index (χ2v) is 5.55. The molecule has 0 fully saturated rings. The summed E-state index contributed by atoms with van der Waals surface area (Å²) in [6, 6.07) is 13.7. The van der Waals surface area contributed by atoms with Gasteiger partial charge in [0.25, 0.3) is 0 Å². The second kappa shape index (κ2) is 6.41. The van der Waals surface area contributed by atoms with E-state index in [1.54, 1.807) is 0 Å². The summed E-state index contributed by atoms with van der Waals surface area (Å²) >= 11 is 8.20.